The molecule has 0 unspecified atom stereocenters. The summed E-state index contributed by atoms with van der Waals surface area (Å²) in [6.07, 6.45) is 0.817. The van der Waals surface area contributed by atoms with E-state index in [4.69, 9.17) is 0 Å². The van der Waals surface area contributed by atoms with E-state index in [0.717, 1.165) is 31.0 Å². The van der Waals surface area contributed by atoms with Gasteiger partial charge in [0.1, 0.15) is 11.6 Å². The molecule has 0 atom stereocenters. The first-order chi connectivity index (χ1) is 11.8. The average Bonchev–Trinajstić information content (AvgIpc) is 2.56. The van der Waals surface area contributed by atoms with E-state index in [1.54, 1.807) is 19.1 Å². The number of anilines is 1. The van der Waals surface area contributed by atoms with Crippen LogP contribution in [-0.4, -0.2) is 21.5 Å². The van der Waals surface area contributed by atoms with Gasteiger partial charge in [-0.1, -0.05) is 17.7 Å². The molecule has 1 N–H and O–H groups in total. The van der Waals surface area contributed by atoms with Gasteiger partial charge in [-0.3, -0.25) is 0 Å². The van der Waals surface area contributed by atoms with Gasteiger partial charge in [0.05, 0.1) is 17.7 Å². The van der Waals surface area contributed by atoms with Gasteiger partial charge >= 0.3 is 5.97 Å². The summed E-state index contributed by atoms with van der Waals surface area (Å²) in [6.45, 7) is 1.78. The zero-order chi connectivity index (χ0) is 18.6. The molecule has 25 heavy (non-hydrogen) atoms. The average molecular weight is 367 g/mol. The minimum absolute atomic E-state index is 0.115. The largest absolute Gasteiger partial charge is 0.465 e. The molecule has 8 heteroatoms. The van der Waals surface area contributed by atoms with Gasteiger partial charge in [-0.25, -0.2) is 22.0 Å². The minimum Gasteiger partial charge on any atom is -0.465 e. The Labute approximate surface area is 143 Å². The lowest BCUT2D eigenvalue weighted by Gasteiger charge is -2.09. The Morgan fingerprint density at radius 2 is 1.76 bits per heavy atom. The Hall–Kier alpha value is -2.74. The molecule has 0 spiro atoms. The van der Waals surface area contributed by atoms with Gasteiger partial charge in [-0.05, 0) is 31.2 Å². The van der Waals surface area contributed by atoms with Crippen LogP contribution in [0, 0.1) is 18.6 Å². The highest BCUT2D eigenvalue weighted by Crippen LogP contribution is 2.22. The molecule has 0 saturated carbocycles. The second-order valence-corrected chi connectivity index (χ2v) is 7.00. The number of carbonyl (C=O) groups is 1. The number of hydrogen-bond acceptors (Lipinski definition) is 5. The van der Waals surface area contributed by atoms with Gasteiger partial charge in [-0.15, -0.1) is 0 Å². The Kier molecular flexibility index (Phi) is 5.53. The van der Waals surface area contributed by atoms with E-state index in [9.17, 15) is 22.0 Å². The van der Waals surface area contributed by atoms with Crippen molar-refractivity contribution in [1.29, 1.82) is 0 Å². The Morgan fingerprint density at radius 1 is 1.12 bits per heavy atom. The van der Waals surface area contributed by atoms with Crippen molar-refractivity contribution in [1.82, 2.24) is 0 Å². The fourth-order valence-electron chi connectivity index (χ4n) is 1.94. The lowest BCUT2D eigenvalue weighted by molar-refractivity contribution is -0.135. The highest BCUT2D eigenvalue weighted by molar-refractivity contribution is 7.96. The number of aryl methyl sites for hydroxylation is 1. The van der Waals surface area contributed by atoms with Crippen molar-refractivity contribution in [2.75, 3.05) is 12.4 Å². The number of sulfone groups is 1. The Balaban J connectivity index is 2.45. The summed E-state index contributed by atoms with van der Waals surface area (Å²) < 4.78 is 56.4. The summed E-state index contributed by atoms with van der Waals surface area (Å²) in [4.78, 5) is 11.1. The zero-order valence-electron chi connectivity index (χ0n) is 13.4. The molecule has 0 heterocycles. The molecule has 0 saturated heterocycles. The van der Waals surface area contributed by atoms with Gasteiger partial charge in [-0.2, -0.15) is 0 Å². The second kappa shape index (κ2) is 7.43. The number of carbonyl (C=O) groups excluding carboxylic acids is 1. The molecule has 2 aromatic rings. The van der Waals surface area contributed by atoms with Crippen LogP contribution in [0.1, 0.15) is 5.56 Å². The third-order valence-corrected chi connectivity index (χ3v) is 5.05. The van der Waals surface area contributed by atoms with E-state index in [2.05, 4.69) is 10.1 Å². The van der Waals surface area contributed by atoms with Crippen molar-refractivity contribution in [3.8, 4) is 0 Å². The van der Waals surface area contributed by atoms with Crippen LogP contribution in [0.25, 0.3) is 0 Å². The van der Waals surface area contributed by atoms with E-state index in [1.165, 1.54) is 12.1 Å². The van der Waals surface area contributed by atoms with E-state index < -0.39 is 32.3 Å². The van der Waals surface area contributed by atoms with Gasteiger partial charge in [0.15, 0.2) is 4.91 Å². The molecule has 5 nitrogen and oxygen atoms in total. The van der Waals surface area contributed by atoms with E-state index >= 15 is 0 Å². The normalized spacial score (nSPS) is 11.9. The molecule has 0 amide bonds. The van der Waals surface area contributed by atoms with Crippen LogP contribution < -0.4 is 5.32 Å². The summed E-state index contributed by atoms with van der Waals surface area (Å²) >= 11 is 0. The Bertz CT molecular complexity index is 922. The molecule has 132 valence electrons. The monoisotopic (exact) mass is 367 g/mol. The van der Waals surface area contributed by atoms with Crippen LogP contribution in [0.5, 0.6) is 0 Å². The van der Waals surface area contributed by atoms with Crippen LogP contribution in [0.15, 0.2) is 58.5 Å². The highest BCUT2D eigenvalue weighted by Gasteiger charge is 2.28. The predicted octanol–water partition coefficient (Wildman–Crippen LogP) is 3.17. The fraction of sp³-hybridized carbons (Fsp3) is 0.118. The van der Waals surface area contributed by atoms with Crippen molar-refractivity contribution in [2.24, 2.45) is 0 Å². The first-order valence-electron chi connectivity index (χ1n) is 7.07. The smallest absolute Gasteiger partial charge is 0.351 e. The van der Waals surface area contributed by atoms with Crippen molar-refractivity contribution in [3.63, 3.8) is 0 Å². The molecule has 0 fully saturated rings. The number of benzene rings is 2. The minimum atomic E-state index is -4.19. The number of esters is 1. The maximum absolute atomic E-state index is 13.7. The van der Waals surface area contributed by atoms with Crippen molar-refractivity contribution >= 4 is 21.5 Å². The van der Waals surface area contributed by atoms with Crippen LogP contribution in [0.4, 0.5) is 14.5 Å². The van der Waals surface area contributed by atoms with Gasteiger partial charge in [0, 0.05) is 12.3 Å². The first kappa shape index (κ1) is 18.6. The second-order valence-electron chi connectivity index (χ2n) is 5.09. The third-order valence-electron chi connectivity index (χ3n) is 3.30. The maximum atomic E-state index is 13.7. The summed E-state index contributed by atoms with van der Waals surface area (Å²) in [6, 6.07) is 8.55. The van der Waals surface area contributed by atoms with Crippen LogP contribution >= 0.6 is 0 Å². The quantitative estimate of drug-likeness (QED) is 0.649. The first-order valence-corrected chi connectivity index (χ1v) is 8.56. The number of hydrogen-bond donors (Lipinski definition) is 1. The molecule has 0 aliphatic heterocycles. The lowest BCUT2D eigenvalue weighted by Crippen LogP contribution is -2.17. The molecule has 0 aromatic heterocycles. The van der Waals surface area contributed by atoms with Crippen LogP contribution in [0.2, 0.25) is 0 Å². The number of halogens is 2. The molecular weight excluding hydrogens is 352 g/mol. The molecule has 2 aromatic carbocycles. The third kappa shape index (κ3) is 4.21. The summed E-state index contributed by atoms with van der Waals surface area (Å²) in [5.41, 5.74) is 0.649. The molecule has 0 bridgehead atoms. The maximum Gasteiger partial charge on any atom is 0.351 e. The predicted molar refractivity (Wildman–Crippen MR) is 88.4 cm³/mol. The number of rotatable bonds is 5. The number of nitrogens with one attached hydrogen (secondary N) is 1. The standard InChI is InChI=1S/C17H15F2NO4S/c1-11-3-6-13(7-4-11)25(22,23)16(17(21)24-2)10-20-15-8-5-12(18)9-14(15)19/h3-10,20H,1-2H3/b16-10+. The van der Waals surface area contributed by atoms with Gasteiger partial charge in [0.2, 0.25) is 9.84 Å². The number of methoxy groups -OCH3 is 1. The van der Waals surface area contributed by atoms with Crippen molar-refractivity contribution in [2.45, 2.75) is 11.8 Å². The SMILES string of the molecule is COC(=O)/C(=C\Nc1ccc(F)cc1F)S(=O)(=O)c1ccc(C)cc1. The summed E-state index contributed by atoms with van der Waals surface area (Å²) in [5.74, 6) is -2.84. The van der Waals surface area contributed by atoms with Gasteiger partial charge < -0.3 is 10.1 Å². The lowest BCUT2D eigenvalue weighted by atomic mass is 10.2. The highest BCUT2D eigenvalue weighted by atomic mass is 32.2. The zero-order valence-corrected chi connectivity index (χ0v) is 14.2. The number of ether oxygens (including phenoxy) is 1. The molecule has 0 aliphatic rings. The summed E-state index contributed by atoms with van der Waals surface area (Å²) in [5, 5.41) is 2.36. The van der Waals surface area contributed by atoms with Crippen LogP contribution in [0.3, 0.4) is 0 Å². The summed E-state index contributed by atoms with van der Waals surface area (Å²) in [7, 11) is -3.17. The molecule has 0 radical (unpaired) electrons. The van der Waals surface area contributed by atoms with Crippen molar-refractivity contribution < 1.29 is 26.7 Å². The van der Waals surface area contributed by atoms with E-state index in [0.29, 0.717) is 6.07 Å². The Morgan fingerprint density at radius 3 is 2.32 bits per heavy atom. The van der Waals surface area contributed by atoms with E-state index in [1.807, 2.05) is 0 Å². The molecular formula is C17H15F2NO4S. The molecule has 0 aliphatic carbocycles. The van der Waals surface area contributed by atoms with Crippen molar-refractivity contribution in [3.05, 3.63) is 70.8 Å². The topological polar surface area (TPSA) is 72.5 Å². The molecule has 2 rings (SSSR count). The van der Waals surface area contributed by atoms with E-state index in [-0.39, 0.29) is 10.6 Å². The van der Waals surface area contributed by atoms with Crippen LogP contribution in [-0.2, 0) is 19.4 Å². The van der Waals surface area contributed by atoms with Gasteiger partial charge in [0.25, 0.3) is 0 Å². The fourth-order valence-corrected chi connectivity index (χ4v) is 3.21.